The van der Waals surface area contributed by atoms with E-state index in [0.717, 1.165) is 57.9 Å². The molecule has 6 heteroatoms. The zero-order chi connectivity index (χ0) is 19.5. The molecule has 1 heterocycles. The summed E-state index contributed by atoms with van der Waals surface area (Å²) in [6.45, 7) is 17.9. The molecule has 0 aromatic rings. The van der Waals surface area contributed by atoms with Crippen molar-refractivity contribution in [2.24, 2.45) is 10.9 Å². The average molecular weight is 369 g/mol. The lowest BCUT2D eigenvalue weighted by Crippen LogP contribution is -2.46. The quantitative estimate of drug-likeness (QED) is 0.293. The molecule has 0 bridgehead atoms. The van der Waals surface area contributed by atoms with E-state index in [1.54, 1.807) is 0 Å². The molecule has 0 aromatic heterocycles. The molecule has 0 aromatic carbocycles. The van der Waals surface area contributed by atoms with Gasteiger partial charge in [-0.15, -0.1) is 0 Å². The highest BCUT2D eigenvalue weighted by molar-refractivity contribution is 5.80. The number of aliphatic imine (C=N–C) groups is 1. The number of ether oxygens (including phenoxy) is 1. The van der Waals surface area contributed by atoms with Gasteiger partial charge >= 0.3 is 5.97 Å². The average Bonchev–Trinajstić information content (AvgIpc) is 2.60. The highest BCUT2D eigenvalue weighted by Gasteiger charge is 2.27. The Hall–Kier alpha value is -1.30. The largest absolute Gasteiger partial charge is 0.466 e. The fourth-order valence-electron chi connectivity index (χ4n) is 3.56. The molecule has 152 valence electrons. The highest BCUT2D eigenvalue weighted by Crippen LogP contribution is 2.18. The van der Waals surface area contributed by atoms with Crippen molar-refractivity contribution in [3.05, 3.63) is 0 Å². The number of nitrogens with one attached hydrogen (secondary N) is 1. The lowest BCUT2D eigenvalue weighted by molar-refractivity contribution is -0.149. The van der Waals surface area contributed by atoms with Crippen molar-refractivity contribution >= 4 is 11.9 Å². The van der Waals surface area contributed by atoms with E-state index in [9.17, 15) is 4.79 Å². The zero-order valence-electron chi connectivity index (χ0n) is 17.8. The first kappa shape index (κ1) is 22.7. The van der Waals surface area contributed by atoms with Crippen molar-refractivity contribution in [3.63, 3.8) is 0 Å². The van der Waals surface area contributed by atoms with Crippen molar-refractivity contribution in [1.29, 1.82) is 0 Å². The van der Waals surface area contributed by atoms with Gasteiger partial charge < -0.3 is 15.0 Å². The molecule has 1 fully saturated rings. The summed E-state index contributed by atoms with van der Waals surface area (Å²) in [6, 6.07) is 1.13. The zero-order valence-corrected chi connectivity index (χ0v) is 17.8. The van der Waals surface area contributed by atoms with Gasteiger partial charge in [-0.2, -0.15) is 0 Å². The van der Waals surface area contributed by atoms with Gasteiger partial charge in [0.1, 0.15) is 0 Å². The maximum atomic E-state index is 11.9. The number of piperidine rings is 1. The van der Waals surface area contributed by atoms with Crippen LogP contribution in [0.5, 0.6) is 0 Å². The lowest BCUT2D eigenvalue weighted by Gasteiger charge is -2.33. The highest BCUT2D eigenvalue weighted by atomic mass is 16.5. The molecule has 1 saturated heterocycles. The van der Waals surface area contributed by atoms with Gasteiger partial charge in [-0.25, -0.2) is 0 Å². The predicted octanol–water partition coefficient (Wildman–Crippen LogP) is 2.74. The van der Waals surface area contributed by atoms with Gasteiger partial charge in [-0.05, 0) is 60.8 Å². The molecule has 1 aliphatic heterocycles. The summed E-state index contributed by atoms with van der Waals surface area (Å²) in [7, 11) is 0. The van der Waals surface area contributed by atoms with Gasteiger partial charge in [0.25, 0.3) is 0 Å². The topological polar surface area (TPSA) is 57.2 Å². The van der Waals surface area contributed by atoms with Crippen LogP contribution in [-0.2, 0) is 9.53 Å². The minimum absolute atomic E-state index is 0.0414. The SMILES string of the molecule is CCNC(=NCCCN(C(C)C)C(C)C)N1CCC(C(=O)OCC)CC1. The fraction of sp³-hybridized carbons (Fsp3) is 0.900. The molecule has 6 nitrogen and oxygen atoms in total. The normalized spacial score (nSPS) is 16.7. The third-order valence-corrected chi connectivity index (χ3v) is 4.91. The van der Waals surface area contributed by atoms with Gasteiger partial charge in [0.15, 0.2) is 5.96 Å². The minimum atomic E-state index is -0.0449. The van der Waals surface area contributed by atoms with Gasteiger partial charge in [0.05, 0.1) is 12.5 Å². The maximum Gasteiger partial charge on any atom is 0.309 e. The summed E-state index contributed by atoms with van der Waals surface area (Å²) in [5.74, 6) is 0.978. The second kappa shape index (κ2) is 12.2. The number of hydrogen-bond donors (Lipinski definition) is 1. The third-order valence-electron chi connectivity index (χ3n) is 4.91. The molecule has 0 spiro atoms. The molecular formula is C20H40N4O2. The van der Waals surface area contributed by atoms with Crippen LogP contribution < -0.4 is 5.32 Å². The summed E-state index contributed by atoms with van der Waals surface area (Å²) in [6.07, 6.45) is 2.75. The molecule has 1 rings (SSSR count). The van der Waals surface area contributed by atoms with Gasteiger partial charge in [-0.1, -0.05) is 0 Å². The van der Waals surface area contributed by atoms with E-state index in [-0.39, 0.29) is 11.9 Å². The van der Waals surface area contributed by atoms with Crippen LogP contribution in [0.3, 0.4) is 0 Å². The molecular weight excluding hydrogens is 328 g/mol. The van der Waals surface area contributed by atoms with Gasteiger partial charge in [-0.3, -0.25) is 14.7 Å². The Morgan fingerprint density at radius 2 is 1.81 bits per heavy atom. The summed E-state index contributed by atoms with van der Waals surface area (Å²) in [5.41, 5.74) is 0. The van der Waals surface area contributed by atoms with E-state index < -0.39 is 0 Å². The smallest absolute Gasteiger partial charge is 0.309 e. The minimum Gasteiger partial charge on any atom is -0.466 e. The molecule has 26 heavy (non-hydrogen) atoms. The van der Waals surface area contributed by atoms with Crippen LogP contribution in [0.4, 0.5) is 0 Å². The van der Waals surface area contributed by atoms with E-state index in [0.29, 0.717) is 18.7 Å². The molecule has 0 amide bonds. The number of carbonyl (C=O) groups is 1. The summed E-state index contributed by atoms with van der Waals surface area (Å²) in [4.78, 5) is 21.5. The second-order valence-corrected chi connectivity index (χ2v) is 7.53. The van der Waals surface area contributed by atoms with Crippen molar-refractivity contribution in [1.82, 2.24) is 15.1 Å². The Bertz CT molecular complexity index is 422. The molecule has 1 aliphatic rings. The number of carbonyl (C=O) groups excluding carboxylic acids is 1. The summed E-state index contributed by atoms with van der Waals surface area (Å²) >= 11 is 0. The number of guanidine groups is 1. The molecule has 0 aliphatic carbocycles. The molecule has 0 saturated carbocycles. The van der Waals surface area contributed by atoms with Crippen molar-refractivity contribution in [3.8, 4) is 0 Å². The van der Waals surface area contributed by atoms with Crippen molar-refractivity contribution < 1.29 is 9.53 Å². The second-order valence-electron chi connectivity index (χ2n) is 7.53. The van der Waals surface area contributed by atoms with Crippen molar-refractivity contribution in [2.45, 2.75) is 72.9 Å². The Balaban J connectivity index is 2.50. The van der Waals surface area contributed by atoms with E-state index in [1.807, 2.05) is 6.92 Å². The molecule has 1 N–H and O–H groups in total. The Labute approximate surface area is 160 Å². The number of rotatable bonds is 9. The standard InChI is InChI=1S/C20H40N4O2/c1-7-21-20(22-12-9-13-24(16(3)4)17(5)6)23-14-10-18(11-15-23)19(25)26-8-2/h16-18H,7-15H2,1-6H3,(H,21,22). The van der Waals surface area contributed by atoms with E-state index in [1.165, 1.54) is 0 Å². The lowest BCUT2D eigenvalue weighted by atomic mass is 9.97. The van der Waals surface area contributed by atoms with Crippen LogP contribution in [-0.4, -0.2) is 73.1 Å². The van der Waals surface area contributed by atoms with Crippen LogP contribution in [0, 0.1) is 5.92 Å². The van der Waals surface area contributed by atoms with E-state index >= 15 is 0 Å². The third kappa shape index (κ3) is 7.52. The molecule has 0 radical (unpaired) electrons. The van der Waals surface area contributed by atoms with Crippen LogP contribution >= 0.6 is 0 Å². The summed E-state index contributed by atoms with van der Waals surface area (Å²) in [5, 5.41) is 3.40. The number of nitrogens with zero attached hydrogens (tertiary/aromatic N) is 3. The van der Waals surface area contributed by atoms with E-state index in [2.05, 4.69) is 49.7 Å². The van der Waals surface area contributed by atoms with Crippen LogP contribution in [0.15, 0.2) is 4.99 Å². The van der Waals surface area contributed by atoms with Crippen LogP contribution in [0.25, 0.3) is 0 Å². The van der Waals surface area contributed by atoms with Gasteiger partial charge in [0.2, 0.25) is 0 Å². The number of likely N-dealkylation sites (tertiary alicyclic amines) is 1. The first-order chi connectivity index (χ1) is 12.4. The molecule has 0 atom stereocenters. The molecule has 0 unspecified atom stereocenters. The Morgan fingerprint density at radius 1 is 1.19 bits per heavy atom. The predicted molar refractivity (Wildman–Crippen MR) is 109 cm³/mol. The monoisotopic (exact) mass is 368 g/mol. The van der Waals surface area contributed by atoms with E-state index in [4.69, 9.17) is 9.73 Å². The Morgan fingerprint density at radius 3 is 2.31 bits per heavy atom. The van der Waals surface area contributed by atoms with Gasteiger partial charge in [0, 0.05) is 44.8 Å². The number of esters is 1. The Kier molecular flexibility index (Phi) is 10.6. The van der Waals surface area contributed by atoms with Crippen LogP contribution in [0.2, 0.25) is 0 Å². The van der Waals surface area contributed by atoms with Crippen LogP contribution in [0.1, 0.15) is 60.8 Å². The number of hydrogen-bond acceptors (Lipinski definition) is 4. The van der Waals surface area contributed by atoms with Crippen molar-refractivity contribution in [2.75, 3.05) is 39.3 Å². The maximum absolute atomic E-state index is 11.9. The fourth-order valence-corrected chi connectivity index (χ4v) is 3.56. The first-order valence-corrected chi connectivity index (χ1v) is 10.4. The first-order valence-electron chi connectivity index (χ1n) is 10.4. The summed E-state index contributed by atoms with van der Waals surface area (Å²) < 4.78 is 5.16.